The first kappa shape index (κ1) is 30.4. The van der Waals surface area contributed by atoms with Gasteiger partial charge in [-0.2, -0.15) is 12.2 Å². The van der Waals surface area contributed by atoms with Crippen molar-refractivity contribution in [2.45, 2.75) is 26.7 Å². The summed E-state index contributed by atoms with van der Waals surface area (Å²) < 4.78 is 0. The van der Waals surface area contributed by atoms with Gasteiger partial charge in [0.1, 0.15) is 0 Å². The third kappa shape index (κ3) is 16.4. The average Bonchev–Trinajstić information content (AvgIpc) is 2.63. The summed E-state index contributed by atoms with van der Waals surface area (Å²) in [4.78, 5) is 0. The van der Waals surface area contributed by atoms with Gasteiger partial charge >= 0.3 is 25.8 Å². The summed E-state index contributed by atoms with van der Waals surface area (Å²) in [6.07, 6.45) is 16.7. The van der Waals surface area contributed by atoms with Crippen molar-refractivity contribution in [2.24, 2.45) is 0 Å². The monoisotopic (exact) mass is 440 g/mol. The standard InChI is InChI=1S/2C6H7.2CH3.2ClH.Hf/c2*1-6-4-2-3-5-6;;;;;/h2*2,4H,3H2,1H3;2*1H3;2*1H;/q4*-1;;;+4. The Balaban J connectivity index is -0.0000000436. The van der Waals surface area contributed by atoms with Crippen LogP contribution in [0.4, 0.5) is 0 Å². The fourth-order valence-electron chi connectivity index (χ4n) is 1.03. The minimum absolute atomic E-state index is 0. The van der Waals surface area contributed by atoms with Crippen LogP contribution in [-0.2, 0) is 25.8 Å². The van der Waals surface area contributed by atoms with Gasteiger partial charge < -0.3 is 14.9 Å². The van der Waals surface area contributed by atoms with Crippen molar-refractivity contribution in [3.05, 3.63) is 62.5 Å². The molecule has 96 valence electrons. The minimum atomic E-state index is 0. The van der Waals surface area contributed by atoms with E-state index in [0.29, 0.717) is 0 Å². The summed E-state index contributed by atoms with van der Waals surface area (Å²) in [5, 5.41) is 0. The van der Waals surface area contributed by atoms with E-state index in [1.807, 2.05) is 0 Å². The first-order valence-electron chi connectivity index (χ1n) is 4.27. The van der Waals surface area contributed by atoms with Crippen LogP contribution < -0.4 is 0 Å². The first-order valence-corrected chi connectivity index (χ1v) is 4.27. The van der Waals surface area contributed by atoms with Gasteiger partial charge in [0.2, 0.25) is 0 Å². The van der Waals surface area contributed by atoms with E-state index in [0.717, 1.165) is 12.8 Å². The molecule has 0 aliphatic heterocycles. The maximum Gasteiger partial charge on any atom is 4.00 e. The third-order valence-electron chi connectivity index (χ3n) is 1.73. The second-order valence-corrected chi connectivity index (χ2v) is 2.93. The summed E-state index contributed by atoms with van der Waals surface area (Å²) >= 11 is 0. The van der Waals surface area contributed by atoms with Crippen molar-refractivity contribution in [3.8, 4) is 0 Å². The fourth-order valence-corrected chi connectivity index (χ4v) is 1.03. The van der Waals surface area contributed by atoms with Crippen LogP contribution in [-0.4, -0.2) is 0 Å². The van der Waals surface area contributed by atoms with Crippen LogP contribution in [0.15, 0.2) is 35.5 Å². The van der Waals surface area contributed by atoms with Crippen molar-refractivity contribution >= 4 is 24.8 Å². The number of hydrogen-bond donors (Lipinski definition) is 0. The van der Waals surface area contributed by atoms with E-state index in [1.165, 1.54) is 11.1 Å². The molecule has 0 amide bonds. The second-order valence-electron chi connectivity index (χ2n) is 2.93. The van der Waals surface area contributed by atoms with E-state index < -0.39 is 0 Å². The zero-order chi connectivity index (χ0) is 8.81. The molecule has 2 rings (SSSR count). The molecule has 0 aromatic rings. The molecule has 2 aliphatic carbocycles. The average molecular weight is 440 g/mol. The molecule has 0 N–H and O–H groups in total. The van der Waals surface area contributed by atoms with Crippen LogP contribution in [0.2, 0.25) is 0 Å². The van der Waals surface area contributed by atoms with E-state index in [9.17, 15) is 0 Å². The molecule has 0 saturated heterocycles. The summed E-state index contributed by atoms with van der Waals surface area (Å²) in [5.74, 6) is 0. The predicted molar refractivity (Wildman–Crippen MR) is 79.7 cm³/mol. The number of rotatable bonds is 0. The summed E-state index contributed by atoms with van der Waals surface area (Å²) in [6, 6.07) is 0. The number of allylic oxidation sites excluding steroid dienone is 8. The molecule has 0 heterocycles. The zero-order valence-electron chi connectivity index (χ0n) is 11.0. The Kier molecular flexibility index (Phi) is 33.6. The van der Waals surface area contributed by atoms with Crippen molar-refractivity contribution in [1.82, 2.24) is 0 Å². The molecule has 2 aliphatic rings. The van der Waals surface area contributed by atoms with Crippen LogP contribution in [0.5, 0.6) is 0 Å². The van der Waals surface area contributed by atoms with Gasteiger partial charge in [0.25, 0.3) is 0 Å². The van der Waals surface area contributed by atoms with E-state index >= 15 is 0 Å². The zero-order valence-corrected chi connectivity index (χ0v) is 16.3. The van der Waals surface area contributed by atoms with Crippen LogP contribution in [0.3, 0.4) is 0 Å². The molecular formula is C14H22Cl2Hf. The van der Waals surface area contributed by atoms with Crippen LogP contribution >= 0.6 is 24.8 Å². The quantitative estimate of drug-likeness (QED) is 0.362. The molecule has 0 atom stereocenters. The van der Waals surface area contributed by atoms with Gasteiger partial charge in [-0.1, -0.05) is 13.8 Å². The van der Waals surface area contributed by atoms with Crippen molar-refractivity contribution < 1.29 is 25.8 Å². The van der Waals surface area contributed by atoms with Crippen molar-refractivity contribution in [1.29, 1.82) is 0 Å². The van der Waals surface area contributed by atoms with Gasteiger partial charge in [-0.05, 0) is 0 Å². The Labute approximate surface area is 139 Å². The van der Waals surface area contributed by atoms with Crippen LogP contribution in [0.1, 0.15) is 26.7 Å². The van der Waals surface area contributed by atoms with Crippen molar-refractivity contribution in [2.75, 3.05) is 0 Å². The predicted octanol–water partition coefficient (Wildman–Crippen LogP) is 5.13. The van der Waals surface area contributed by atoms with E-state index in [2.05, 4.69) is 50.3 Å². The molecule has 17 heavy (non-hydrogen) atoms. The van der Waals surface area contributed by atoms with Gasteiger partial charge in [0, 0.05) is 0 Å². The summed E-state index contributed by atoms with van der Waals surface area (Å²) in [6.45, 7) is 4.12. The Morgan fingerprint density at radius 1 is 0.824 bits per heavy atom. The second kappa shape index (κ2) is 18.8. The molecule has 0 fully saturated rings. The topological polar surface area (TPSA) is 0 Å². The Morgan fingerprint density at radius 2 is 1.12 bits per heavy atom. The van der Waals surface area contributed by atoms with Gasteiger partial charge in [0.05, 0.1) is 0 Å². The van der Waals surface area contributed by atoms with Gasteiger partial charge in [-0.15, -0.1) is 37.7 Å². The van der Waals surface area contributed by atoms with Gasteiger partial charge in [-0.25, -0.2) is 23.3 Å². The van der Waals surface area contributed by atoms with Crippen LogP contribution in [0, 0.1) is 27.0 Å². The summed E-state index contributed by atoms with van der Waals surface area (Å²) in [5.41, 5.74) is 2.55. The molecule has 0 bridgehead atoms. The Morgan fingerprint density at radius 3 is 1.18 bits per heavy atom. The molecule has 3 heteroatoms. The molecule has 0 aromatic carbocycles. The van der Waals surface area contributed by atoms with Gasteiger partial charge in [-0.3, -0.25) is 12.2 Å². The maximum atomic E-state index is 3.12. The maximum absolute atomic E-state index is 3.12. The molecular weight excluding hydrogens is 418 g/mol. The SMILES string of the molecule is CC1=[C-]CC=C1.CC1=[C-]CC=C1.Cl.Cl.[CH3-].[CH3-].[Hf+4]. The molecule has 0 nitrogen and oxygen atoms in total. The van der Waals surface area contributed by atoms with E-state index in [-0.39, 0.29) is 65.5 Å². The van der Waals surface area contributed by atoms with E-state index in [4.69, 9.17) is 0 Å². The Bertz CT molecular complexity index is 230. The fraction of sp³-hybridized carbons (Fsp3) is 0.286. The number of hydrogen-bond acceptors (Lipinski definition) is 0. The molecule has 0 unspecified atom stereocenters. The Hall–Kier alpha value is 0.410. The largest absolute Gasteiger partial charge is 4.00 e. The third-order valence-corrected chi connectivity index (χ3v) is 1.73. The summed E-state index contributed by atoms with van der Waals surface area (Å²) in [7, 11) is 0. The van der Waals surface area contributed by atoms with Gasteiger partial charge in [0.15, 0.2) is 0 Å². The normalized spacial score (nSPS) is 13.1. The molecule has 0 saturated carbocycles. The van der Waals surface area contributed by atoms with Crippen molar-refractivity contribution in [3.63, 3.8) is 0 Å². The molecule has 0 radical (unpaired) electrons. The minimum Gasteiger partial charge on any atom is -0.358 e. The molecule has 0 spiro atoms. The number of halogens is 2. The molecule has 0 aromatic heterocycles. The first-order chi connectivity index (χ1) is 5.79. The van der Waals surface area contributed by atoms with Crippen LogP contribution in [0.25, 0.3) is 0 Å². The van der Waals surface area contributed by atoms with E-state index in [1.54, 1.807) is 0 Å². The smallest absolute Gasteiger partial charge is 0.358 e.